The van der Waals surface area contributed by atoms with Crippen molar-refractivity contribution < 1.29 is 0 Å². The van der Waals surface area contributed by atoms with Crippen LogP contribution in [0, 0.1) is 11.3 Å². The number of hydrogen-bond acceptors (Lipinski definition) is 2. The van der Waals surface area contributed by atoms with Crippen LogP contribution in [0.5, 0.6) is 0 Å². The zero-order valence-corrected chi connectivity index (χ0v) is 7.18. The molecule has 0 unspecified atom stereocenters. The molecule has 4 heteroatoms. The van der Waals surface area contributed by atoms with Gasteiger partial charge in [-0.3, -0.25) is 4.79 Å². The largest absolute Gasteiger partial charge is 0.328 e. The van der Waals surface area contributed by atoms with Gasteiger partial charge in [0.25, 0.3) is 5.56 Å². The van der Waals surface area contributed by atoms with E-state index >= 15 is 0 Å². The Bertz CT molecular complexity index is 350. The lowest BCUT2D eigenvalue weighted by atomic mass is 10.2. The minimum absolute atomic E-state index is 0.197. The van der Waals surface area contributed by atoms with E-state index in [0.29, 0.717) is 4.47 Å². The van der Waals surface area contributed by atoms with E-state index in [4.69, 9.17) is 5.26 Å². The number of pyridine rings is 1. The van der Waals surface area contributed by atoms with Crippen LogP contribution >= 0.6 is 15.9 Å². The SMILES string of the molecule is N#CCc1cc[nH]c(=O)c1Br. The predicted octanol–water partition coefficient (Wildman–Crippen LogP) is 1.20. The lowest BCUT2D eigenvalue weighted by Crippen LogP contribution is -2.07. The summed E-state index contributed by atoms with van der Waals surface area (Å²) in [6.45, 7) is 0. The van der Waals surface area contributed by atoms with Crippen molar-refractivity contribution in [2.75, 3.05) is 0 Å². The smallest absolute Gasteiger partial charge is 0.262 e. The standard InChI is InChI=1S/C7H5BrN2O/c8-6-5(1-3-9)2-4-10-7(6)11/h2,4H,1H2,(H,10,11). The minimum Gasteiger partial charge on any atom is -0.328 e. The molecular weight excluding hydrogens is 208 g/mol. The molecule has 1 heterocycles. The Hall–Kier alpha value is -1.08. The zero-order valence-electron chi connectivity index (χ0n) is 5.60. The van der Waals surface area contributed by atoms with Gasteiger partial charge in [0.2, 0.25) is 0 Å². The van der Waals surface area contributed by atoms with E-state index < -0.39 is 0 Å². The number of nitrogens with one attached hydrogen (secondary N) is 1. The number of nitriles is 1. The average molecular weight is 213 g/mol. The highest BCUT2D eigenvalue weighted by Crippen LogP contribution is 2.09. The van der Waals surface area contributed by atoms with Gasteiger partial charge in [0.15, 0.2) is 0 Å². The number of aromatic nitrogens is 1. The van der Waals surface area contributed by atoms with E-state index in [-0.39, 0.29) is 12.0 Å². The zero-order chi connectivity index (χ0) is 8.27. The van der Waals surface area contributed by atoms with Crippen LogP contribution in [0.1, 0.15) is 5.56 Å². The molecule has 0 radical (unpaired) electrons. The molecule has 0 amide bonds. The minimum atomic E-state index is -0.197. The topological polar surface area (TPSA) is 56.6 Å². The number of aromatic amines is 1. The van der Waals surface area contributed by atoms with Gasteiger partial charge in [-0.1, -0.05) is 0 Å². The fourth-order valence-electron chi connectivity index (χ4n) is 0.722. The average Bonchev–Trinajstić information content (AvgIpc) is 1.99. The fourth-order valence-corrected chi connectivity index (χ4v) is 1.11. The maximum absolute atomic E-state index is 10.9. The lowest BCUT2D eigenvalue weighted by molar-refractivity contribution is 1.14. The molecule has 1 N–H and O–H groups in total. The normalized spacial score (nSPS) is 9.09. The molecule has 0 fully saturated rings. The van der Waals surface area contributed by atoms with Crippen LogP contribution in [0.15, 0.2) is 21.5 Å². The molecule has 1 rings (SSSR count). The molecule has 0 saturated carbocycles. The Kier molecular flexibility index (Phi) is 2.44. The molecule has 0 atom stereocenters. The van der Waals surface area contributed by atoms with Gasteiger partial charge in [-0.25, -0.2) is 0 Å². The van der Waals surface area contributed by atoms with Crippen molar-refractivity contribution in [2.45, 2.75) is 6.42 Å². The van der Waals surface area contributed by atoms with Gasteiger partial charge in [0.1, 0.15) is 0 Å². The first-order valence-electron chi connectivity index (χ1n) is 2.98. The molecule has 0 aliphatic rings. The number of halogens is 1. The van der Waals surface area contributed by atoms with Gasteiger partial charge in [0.05, 0.1) is 17.0 Å². The van der Waals surface area contributed by atoms with E-state index in [2.05, 4.69) is 20.9 Å². The first-order valence-corrected chi connectivity index (χ1v) is 3.78. The van der Waals surface area contributed by atoms with Crippen molar-refractivity contribution in [1.82, 2.24) is 4.98 Å². The van der Waals surface area contributed by atoms with E-state index in [1.54, 1.807) is 6.07 Å². The Morgan fingerprint density at radius 3 is 3.09 bits per heavy atom. The number of nitrogens with zero attached hydrogens (tertiary/aromatic N) is 1. The molecule has 0 aromatic carbocycles. The van der Waals surface area contributed by atoms with Crippen LogP contribution < -0.4 is 5.56 Å². The van der Waals surface area contributed by atoms with E-state index in [1.165, 1.54) is 6.20 Å². The summed E-state index contributed by atoms with van der Waals surface area (Å²) < 4.78 is 0.446. The highest BCUT2D eigenvalue weighted by atomic mass is 79.9. The van der Waals surface area contributed by atoms with Crippen molar-refractivity contribution in [3.05, 3.63) is 32.7 Å². The van der Waals surface area contributed by atoms with Crippen molar-refractivity contribution >= 4 is 15.9 Å². The van der Waals surface area contributed by atoms with Crippen LogP contribution in [-0.4, -0.2) is 4.98 Å². The monoisotopic (exact) mass is 212 g/mol. The summed E-state index contributed by atoms with van der Waals surface area (Å²) in [6.07, 6.45) is 1.78. The van der Waals surface area contributed by atoms with Crippen LogP contribution in [0.4, 0.5) is 0 Å². The summed E-state index contributed by atoms with van der Waals surface area (Å²) in [5.74, 6) is 0. The van der Waals surface area contributed by atoms with Gasteiger partial charge in [-0.05, 0) is 27.6 Å². The quantitative estimate of drug-likeness (QED) is 0.761. The third kappa shape index (κ3) is 1.69. The summed E-state index contributed by atoms with van der Waals surface area (Å²) in [5.41, 5.74) is 0.522. The Labute approximate surface area is 71.8 Å². The van der Waals surface area contributed by atoms with E-state index in [1.807, 2.05) is 6.07 Å². The third-order valence-electron chi connectivity index (χ3n) is 1.25. The molecule has 0 aliphatic carbocycles. The van der Waals surface area contributed by atoms with Gasteiger partial charge in [0, 0.05) is 6.20 Å². The molecule has 0 aliphatic heterocycles. The summed E-state index contributed by atoms with van der Waals surface area (Å²) in [5, 5.41) is 8.35. The molecule has 0 saturated heterocycles. The Balaban J connectivity index is 3.19. The summed E-state index contributed by atoms with van der Waals surface area (Å²) >= 11 is 3.09. The second-order valence-corrected chi connectivity index (χ2v) is 2.77. The van der Waals surface area contributed by atoms with Crippen LogP contribution in [0.3, 0.4) is 0 Å². The molecule has 1 aromatic rings. The van der Waals surface area contributed by atoms with Crippen molar-refractivity contribution in [3.8, 4) is 6.07 Å². The maximum atomic E-state index is 10.9. The maximum Gasteiger partial charge on any atom is 0.262 e. The Morgan fingerprint density at radius 2 is 2.45 bits per heavy atom. The van der Waals surface area contributed by atoms with E-state index in [9.17, 15) is 4.79 Å². The van der Waals surface area contributed by atoms with Crippen LogP contribution in [0.25, 0.3) is 0 Å². The van der Waals surface area contributed by atoms with E-state index in [0.717, 1.165) is 5.56 Å². The number of rotatable bonds is 1. The highest BCUT2D eigenvalue weighted by molar-refractivity contribution is 9.10. The summed E-state index contributed by atoms with van der Waals surface area (Å²) in [6, 6.07) is 3.67. The number of H-pyrrole nitrogens is 1. The summed E-state index contributed by atoms with van der Waals surface area (Å²) in [4.78, 5) is 13.4. The van der Waals surface area contributed by atoms with Crippen molar-refractivity contribution in [2.24, 2.45) is 0 Å². The van der Waals surface area contributed by atoms with Crippen LogP contribution in [-0.2, 0) is 6.42 Å². The van der Waals surface area contributed by atoms with Gasteiger partial charge in [-0.15, -0.1) is 0 Å². The Morgan fingerprint density at radius 1 is 1.73 bits per heavy atom. The first kappa shape index (κ1) is 8.02. The molecule has 0 bridgehead atoms. The van der Waals surface area contributed by atoms with Crippen molar-refractivity contribution in [1.29, 1.82) is 5.26 Å². The van der Waals surface area contributed by atoms with Crippen LogP contribution in [0.2, 0.25) is 0 Å². The molecule has 1 aromatic heterocycles. The fraction of sp³-hybridized carbons (Fsp3) is 0.143. The highest BCUT2D eigenvalue weighted by Gasteiger charge is 2.00. The molecule has 56 valence electrons. The molecule has 0 spiro atoms. The molecule has 3 nitrogen and oxygen atoms in total. The van der Waals surface area contributed by atoms with Gasteiger partial charge in [-0.2, -0.15) is 5.26 Å². The van der Waals surface area contributed by atoms with Gasteiger partial charge < -0.3 is 4.98 Å². The predicted molar refractivity (Wildman–Crippen MR) is 44.1 cm³/mol. The lowest BCUT2D eigenvalue weighted by Gasteiger charge is -1.94. The number of hydrogen-bond donors (Lipinski definition) is 1. The third-order valence-corrected chi connectivity index (χ3v) is 2.12. The second kappa shape index (κ2) is 3.35. The molecule has 11 heavy (non-hydrogen) atoms. The summed E-state index contributed by atoms with van der Waals surface area (Å²) in [7, 11) is 0. The van der Waals surface area contributed by atoms with Crippen molar-refractivity contribution in [3.63, 3.8) is 0 Å². The molecular formula is C7H5BrN2O. The second-order valence-electron chi connectivity index (χ2n) is 1.98. The first-order chi connectivity index (χ1) is 5.25. The van der Waals surface area contributed by atoms with Gasteiger partial charge >= 0.3 is 0 Å².